The Morgan fingerprint density at radius 1 is 1.27 bits per heavy atom. The van der Waals surface area contributed by atoms with E-state index in [4.69, 9.17) is 0 Å². The van der Waals surface area contributed by atoms with Gasteiger partial charge < -0.3 is 0 Å². The summed E-state index contributed by atoms with van der Waals surface area (Å²) in [5.41, 5.74) is 4.61. The van der Waals surface area contributed by atoms with Crippen molar-refractivity contribution < 1.29 is 12.8 Å². The first-order valence-corrected chi connectivity index (χ1v) is 8.65. The van der Waals surface area contributed by atoms with Gasteiger partial charge in [0, 0.05) is 19.0 Å². The molecule has 2 aromatic rings. The van der Waals surface area contributed by atoms with Crippen LogP contribution in [-0.4, -0.2) is 31.2 Å². The molecule has 8 heteroatoms. The molecule has 6 nitrogen and oxygen atoms in total. The van der Waals surface area contributed by atoms with Gasteiger partial charge in [0.15, 0.2) is 0 Å². The third-order valence-electron chi connectivity index (χ3n) is 3.44. The van der Waals surface area contributed by atoms with Crippen LogP contribution in [-0.2, 0) is 9.84 Å². The molecule has 0 radical (unpaired) electrons. The standard InChI is InChI=1S/C14H15FN4O2S/c1-22(20,21)14-16-8-6-12(18-14)13-7-9-17-19(13)11-4-2-10(15)3-5-11/h2-6,8,13,17H,7,9H2,1H3. The first-order valence-electron chi connectivity index (χ1n) is 6.76. The highest BCUT2D eigenvalue weighted by Gasteiger charge is 2.28. The SMILES string of the molecule is CS(=O)(=O)c1nccc(C2CCNN2c2ccc(F)cc2)n1. The minimum Gasteiger partial charge on any atom is -0.299 e. The van der Waals surface area contributed by atoms with E-state index in [0.29, 0.717) is 5.69 Å². The van der Waals surface area contributed by atoms with Crippen molar-refractivity contribution in [1.82, 2.24) is 15.4 Å². The largest absolute Gasteiger partial charge is 0.299 e. The molecule has 1 fully saturated rings. The van der Waals surface area contributed by atoms with Crippen LogP contribution < -0.4 is 10.4 Å². The van der Waals surface area contributed by atoms with Crippen molar-refractivity contribution in [2.75, 3.05) is 17.8 Å². The molecule has 0 spiro atoms. The summed E-state index contributed by atoms with van der Waals surface area (Å²) in [6.07, 6.45) is 3.29. The lowest BCUT2D eigenvalue weighted by atomic mass is 10.1. The van der Waals surface area contributed by atoms with E-state index < -0.39 is 9.84 Å². The van der Waals surface area contributed by atoms with Crippen LogP contribution in [0.1, 0.15) is 18.2 Å². The number of hydrogen-bond donors (Lipinski definition) is 1. The summed E-state index contributed by atoms with van der Waals surface area (Å²) in [7, 11) is -3.45. The van der Waals surface area contributed by atoms with Gasteiger partial charge >= 0.3 is 0 Å². The molecule has 0 bridgehead atoms. The summed E-state index contributed by atoms with van der Waals surface area (Å²) in [6, 6.07) is 7.67. The first kappa shape index (κ1) is 14.9. The molecule has 116 valence electrons. The van der Waals surface area contributed by atoms with E-state index in [1.165, 1.54) is 18.3 Å². The van der Waals surface area contributed by atoms with Crippen molar-refractivity contribution in [3.63, 3.8) is 0 Å². The molecule has 2 heterocycles. The number of aromatic nitrogens is 2. The van der Waals surface area contributed by atoms with Crippen LogP contribution in [0.15, 0.2) is 41.7 Å². The molecule has 0 saturated carbocycles. The van der Waals surface area contributed by atoms with E-state index in [2.05, 4.69) is 15.4 Å². The Kier molecular flexibility index (Phi) is 3.79. The molecule has 1 N–H and O–H groups in total. The van der Waals surface area contributed by atoms with Gasteiger partial charge in [0.25, 0.3) is 0 Å². The summed E-state index contributed by atoms with van der Waals surface area (Å²) in [5, 5.41) is 1.68. The molecule has 1 aromatic carbocycles. The van der Waals surface area contributed by atoms with Gasteiger partial charge in [0.05, 0.1) is 17.4 Å². The second-order valence-corrected chi connectivity index (χ2v) is 7.00. The lowest BCUT2D eigenvalue weighted by Crippen LogP contribution is -2.33. The predicted octanol–water partition coefficient (Wildman–Crippen LogP) is 1.48. The van der Waals surface area contributed by atoms with Crippen LogP contribution >= 0.6 is 0 Å². The quantitative estimate of drug-likeness (QED) is 0.863. The maximum Gasteiger partial charge on any atom is 0.247 e. The molecule has 3 rings (SSSR count). The normalized spacial score (nSPS) is 18.6. The summed E-state index contributed by atoms with van der Waals surface area (Å²) in [6.45, 7) is 0.722. The smallest absolute Gasteiger partial charge is 0.247 e. The van der Waals surface area contributed by atoms with Crippen molar-refractivity contribution in [2.24, 2.45) is 0 Å². The van der Waals surface area contributed by atoms with Crippen molar-refractivity contribution in [3.8, 4) is 0 Å². The summed E-state index contributed by atoms with van der Waals surface area (Å²) in [5.74, 6) is -0.305. The Hall–Kier alpha value is -2.06. The average molecular weight is 322 g/mol. The predicted molar refractivity (Wildman–Crippen MR) is 79.4 cm³/mol. The van der Waals surface area contributed by atoms with Crippen molar-refractivity contribution in [1.29, 1.82) is 0 Å². The number of rotatable bonds is 3. The molecule has 0 amide bonds. The highest BCUT2D eigenvalue weighted by molar-refractivity contribution is 7.90. The lowest BCUT2D eigenvalue weighted by Gasteiger charge is -2.25. The van der Waals surface area contributed by atoms with Gasteiger partial charge in [-0.2, -0.15) is 0 Å². The van der Waals surface area contributed by atoms with Crippen molar-refractivity contribution in [3.05, 3.63) is 48.0 Å². The molecule has 1 unspecified atom stereocenters. The van der Waals surface area contributed by atoms with Gasteiger partial charge in [-0.25, -0.2) is 28.2 Å². The minimum atomic E-state index is -3.45. The molecule has 1 aromatic heterocycles. The number of hydrazine groups is 1. The van der Waals surface area contributed by atoms with E-state index in [0.717, 1.165) is 24.9 Å². The summed E-state index contributed by atoms with van der Waals surface area (Å²) < 4.78 is 36.2. The topological polar surface area (TPSA) is 75.2 Å². The molecular weight excluding hydrogens is 307 g/mol. The molecule has 1 atom stereocenters. The molecular formula is C14H15FN4O2S. The zero-order valence-electron chi connectivity index (χ0n) is 11.9. The fourth-order valence-electron chi connectivity index (χ4n) is 2.43. The average Bonchev–Trinajstić information content (AvgIpc) is 2.97. The maximum atomic E-state index is 13.1. The molecule has 1 aliphatic heterocycles. The molecule has 1 aliphatic rings. The van der Waals surface area contributed by atoms with E-state index in [1.807, 2.05) is 5.01 Å². The Balaban J connectivity index is 1.95. The van der Waals surface area contributed by atoms with Crippen molar-refractivity contribution in [2.45, 2.75) is 17.6 Å². The van der Waals surface area contributed by atoms with Crippen LogP contribution in [0.2, 0.25) is 0 Å². The van der Waals surface area contributed by atoms with Crippen LogP contribution in [0.3, 0.4) is 0 Å². The molecule has 1 saturated heterocycles. The van der Waals surface area contributed by atoms with E-state index in [9.17, 15) is 12.8 Å². The number of halogens is 1. The minimum absolute atomic E-state index is 0.131. The number of nitrogens with zero attached hydrogens (tertiary/aromatic N) is 3. The summed E-state index contributed by atoms with van der Waals surface area (Å²) in [4.78, 5) is 7.97. The number of nitrogens with one attached hydrogen (secondary N) is 1. The van der Waals surface area contributed by atoms with Gasteiger partial charge in [0.2, 0.25) is 15.0 Å². The van der Waals surface area contributed by atoms with Gasteiger partial charge in [0.1, 0.15) is 5.82 Å². The van der Waals surface area contributed by atoms with Crippen molar-refractivity contribution >= 4 is 15.5 Å². The third kappa shape index (κ3) is 2.93. The van der Waals surface area contributed by atoms with Gasteiger partial charge in [-0.05, 0) is 36.8 Å². The van der Waals surface area contributed by atoms with E-state index >= 15 is 0 Å². The second kappa shape index (κ2) is 5.62. The molecule has 22 heavy (non-hydrogen) atoms. The van der Waals surface area contributed by atoms with Crippen LogP contribution in [0.4, 0.5) is 10.1 Å². The highest BCUT2D eigenvalue weighted by atomic mass is 32.2. The maximum absolute atomic E-state index is 13.1. The highest BCUT2D eigenvalue weighted by Crippen LogP contribution is 2.30. The van der Waals surface area contributed by atoms with E-state index in [-0.39, 0.29) is 17.0 Å². The fraction of sp³-hybridized carbons (Fsp3) is 0.286. The van der Waals surface area contributed by atoms with E-state index in [1.54, 1.807) is 18.2 Å². The van der Waals surface area contributed by atoms with Gasteiger partial charge in [-0.1, -0.05) is 0 Å². The number of hydrogen-bond acceptors (Lipinski definition) is 6. The Morgan fingerprint density at radius 2 is 2.00 bits per heavy atom. The Bertz CT molecular complexity index is 780. The van der Waals surface area contributed by atoms with Crippen LogP contribution in [0.25, 0.3) is 0 Å². The zero-order valence-corrected chi connectivity index (χ0v) is 12.7. The van der Waals surface area contributed by atoms with Gasteiger partial charge in [-0.15, -0.1) is 0 Å². The number of sulfone groups is 1. The molecule has 0 aliphatic carbocycles. The monoisotopic (exact) mass is 322 g/mol. The van der Waals surface area contributed by atoms with Crippen LogP contribution in [0, 0.1) is 5.82 Å². The van der Waals surface area contributed by atoms with Crippen LogP contribution in [0.5, 0.6) is 0 Å². The second-order valence-electron chi connectivity index (χ2n) is 5.10. The Labute approximate surface area is 127 Å². The third-order valence-corrected chi connectivity index (χ3v) is 4.30. The Morgan fingerprint density at radius 3 is 2.68 bits per heavy atom. The summed E-state index contributed by atoms with van der Waals surface area (Å²) >= 11 is 0. The first-order chi connectivity index (χ1) is 10.4. The van der Waals surface area contributed by atoms with Gasteiger partial charge in [-0.3, -0.25) is 5.01 Å². The number of anilines is 1. The fourth-order valence-corrected chi connectivity index (χ4v) is 2.96. The number of benzene rings is 1. The lowest BCUT2D eigenvalue weighted by molar-refractivity contribution is 0.587. The zero-order chi connectivity index (χ0) is 15.7.